The largest absolute Gasteiger partial charge is 0.491 e. The van der Waals surface area contributed by atoms with Gasteiger partial charge in [0.1, 0.15) is 18.5 Å². The summed E-state index contributed by atoms with van der Waals surface area (Å²) in [5.74, 6) is 1.53. The normalized spacial score (nSPS) is 24.1. The third kappa shape index (κ3) is 5.34. The molecule has 1 unspecified atom stereocenters. The molecule has 0 spiro atoms. The lowest BCUT2D eigenvalue weighted by Gasteiger charge is -2.33. The highest BCUT2D eigenvalue weighted by molar-refractivity contribution is 5.28. The molecule has 0 aromatic heterocycles. The molecule has 2 aromatic carbocycles. The number of nitrogens with one attached hydrogen (secondary N) is 1. The van der Waals surface area contributed by atoms with Crippen molar-refractivity contribution in [3.05, 3.63) is 65.7 Å². The highest BCUT2D eigenvalue weighted by Gasteiger charge is 2.39. The Kier molecular flexibility index (Phi) is 6.30. The van der Waals surface area contributed by atoms with Gasteiger partial charge in [-0.15, -0.1) is 0 Å². The van der Waals surface area contributed by atoms with Gasteiger partial charge in [-0.2, -0.15) is 0 Å². The Hall–Kier alpha value is -1.88. The van der Waals surface area contributed by atoms with Crippen molar-refractivity contribution in [2.24, 2.45) is 0 Å². The molecule has 0 radical (unpaired) electrons. The monoisotopic (exact) mass is 380 g/mol. The molecule has 2 aromatic rings. The van der Waals surface area contributed by atoms with Crippen molar-refractivity contribution >= 4 is 0 Å². The summed E-state index contributed by atoms with van der Waals surface area (Å²) in [6.45, 7) is 5.17. The van der Waals surface area contributed by atoms with Crippen molar-refractivity contribution in [2.45, 2.75) is 50.3 Å². The molecule has 4 nitrogen and oxygen atoms in total. The lowest BCUT2D eigenvalue weighted by atomic mass is 10.0. The fourth-order valence-corrected chi connectivity index (χ4v) is 4.28. The van der Waals surface area contributed by atoms with Crippen LogP contribution in [0.5, 0.6) is 5.75 Å². The van der Waals surface area contributed by atoms with Crippen LogP contribution >= 0.6 is 0 Å². The highest BCUT2D eigenvalue weighted by Crippen LogP contribution is 2.41. The molecule has 1 aliphatic carbocycles. The molecule has 150 valence electrons. The van der Waals surface area contributed by atoms with Crippen molar-refractivity contribution in [2.75, 3.05) is 26.2 Å². The topological polar surface area (TPSA) is 44.7 Å². The van der Waals surface area contributed by atoms with Crippen LogP contribution in [-0.2, 0) is 0 Å². The zero-order valence-corrected chi connectivity index (χ0v) is 16.8. The van der Waals surface area contributed by atoms with Crippen molar-refractivity contribution in [1.29, 1.82) is 0 Å². The Morgan fingerprint density at radius 2 is 1.89 bits per heavy atom. The minimum absolute atomic E-state index is 0.350. The summed E-state index contributed by atoms with van der Waals surface area (Å²) in [5, 5.41) is 14.2. The Labute approximate surface area is 168 Å². The molecule has 1 saturated carbocycles. The first-order valence-electron chi connectivity index (χ1n) is 10.6. The summed E-state index contributed by atoms with van der Waals surface area (Å²) in [6.07, 6.45) is 3.13. The summed E-state index contributed by atoms with van der Waals surface area (Å²) in [5.41, 5.74) is 2.64. The average Bonchev–Trinajstić information content (AvgIpc) is 3.48. The Morgan fingerprint density at radius 3 is 2.64 bits per heavy atom. The number of nitrogens with zero attached hydrogens (tertiary/aromatic N) is 1. The second-order valence-electron chi connectivity index (χ2n) is 8.38. The maximum atomic E-state index is 10.3. The molecule has 4 rings (SSSR count). The first-order chi connectivity index (χ1) is 13.7. The van der Waals surface area contributed by atoms with Gasteiger partial charge >= 0.3 is 0 Å². The minimum Gasteiger partial charge on any atom is -0.491 e. The molecule has 28 heavy (non-hydrogen) atoms. The number of likely N-dealkylation sites (tertiary alicyclic amines) is 1. The van der Waals surface area contributed by atoms with Crippen molar-refractivity contribution in [3.8, 4) is 5.75 Å². The molecule has 1 heterocycles. The second kappa shape index (κ2) is 9.08. The molecular formula is C24H32N2O2. The van der Waals surface area contributed by atoms with Crippen LogP contribution in [0, 0.1) is 6.92 Å². The van der Waals surface area contributed by atoms with Gasteiger partial charge in [0.05, 0.1) is 0 Å². The van der Waals surface area contributed by atoms with E-state index in [1.807, 2.05) is 31.2 Å². The van der Waals surface area contributed by atoms with E-state index in [1.54, 1.807) is 0 Å². The summed E-state index contributed by atoms with van der Waals surface area (Å²) < 4.78 is 5.74. The minimum atomic E-state index is -0.448. The number of hydrogen-bond acceptors (Lipinski definition) is 4. The lowest BCUT2D eigenvalue weighted by Crippen LogP contribution is -2.46. The standard InChI is InChI=1S/C24H32N2O2/c1-18-6-5-9-22(14-18)28-17-21(27)16-26-12-10-20(11-13-26)25-24-15-23(24)19-7-3-2-4-8-19/h2-9,14,20-21,23-25,27H,10-13,15-17H2,1H3/t21?,23-,24+/m0/s1. The third-order valence-electron chi connectivity index (χ3n) is 5.96. The van der Waals surface area contributed by atoms with Crippen molar-refractivity contribution in [3.63, 3.8) is 0 Å². The Balaban J connectivity index is 1.14. The molecule has 0 bridgehead atoms. The number of hydrogen-bond donors (Lipinski definition) is 2. The summed E-state index contributed by atoms with van der Waals surface area (Å²) in [4.78, 5) is 2.37. The smallest absolute Gasteiger partial charge is 0.119 e. The van der Waals surface area contributed by atoms with E-state index < -0.39 is 6.10 Å². The van der Waals surface area contributed by atoms with Crippen molar-refractivity contribution < 1.29 is 9.84 Å². The number of aliphatic hydroxyl groups excluding tert-OH is 1. The number of piperidine rings is 1. The van der Waals surface area contributed by atoms with Crippen molar-refractivity contribution in [1.82, 2.24) is 10.2 Å². The van der Waals surface area contributed by atoms with Crippen LogP contribution in [0.15, 0.2) is 54.6 Å². The van der Waals surface area contributed by atoms with Crippen LogP contribution in [0.25, 0.3) is 0 Å². The van der Waals surface area contributed by atoms with Gasteiger partial charge in [0.2, 0.25) is 0 Å². The number of aryl methyl sites for hydroxylation is 1. The maximum absolute atomic E-state index is 10.3. The molecular weight excluding hydrogens is 348 g/mol. The highest BCUT2D eigenvalue weighted by atomic mass is 16.5. The average molecular weight is 381 g/mol. The molecule has 2 fully saturated rings. The summed E-state index contributed by atoms with van der Waals surface area (Å²) >= 11 is 0. The number of β-amino-alcohol motifs (C(OH)–C–C–N with tert-alkyl or cyclic N) is 1. The number of benzene rings is 2. The van der Waals surface area contributed by atoms with E-state index in [4.69, 9.17) is 4.74 Å². The maximum Gasteiger partial charge on any atom is 0.119 e. The zero-order chi connectivity index (χ0) is 19.3. The van der Waals surface area contributed by atoms with E-state index in [-0.39, 0.29) is 0 Å². The van der Waals surface area contributed by atoms with Gasteiger partial charge in [0.15, 0.2) is 0 Å². The molecule has 2 aliphatic rings. The first kappa shape index (κ1) is 19.4. The van der Waals surface area contributed by atoms with Gasteiger partial charge in [-0.1, -0.05) is 42.5 Å². The fourth-order valence-electron chi connectivity index (χ4n) is 4.28. The number of aliphatic hydroxyl groups is 1. The van der Waals surface area contributed by atoms with Crippen LogP contribution in [0.2, 0.25) is 0 Å². The summed E-state index contributed by atoms with van der Waals surface area (Å²) in [7, 11) is 0. The predicted molar refractivity (Wildman–Crippen MR) is 113 cm³/mol. The van der Waals surface area contributed by atoms with Gasteiger partial charge in [0.25, 0.3) is 0 Å². The predicted octanol–water partition coefficient (Wildman–Crippen LogP) is 3.34. The quantitative estimate of drug-likeness (QED) is 0.737. The van der Waals surface area contributed by atoms with E-state index in [1.165, 1.54) is 17.5 Å². The van der Waals surface area contributed by atoms with Crippen LogP contribution in [0.4, 0.5) is 0 Å². The van der Waals surface area contributed by atoms with Gasteiger partial charge in [0, 0.05) is 24.5 Å². The second-order valence-corrected chi connectivity index (χ2v) is 8.38. The van der Waals surface area contributed by atoms with E-state index >= 15 is 0 Å². The SMILES string of the molecule is Cc1cccc(OCC(O)CN2CCC(N[C@@H]3C[C@H]3c3ccccc3)CC2)c1. The van der Waals surface area contributed by atoms with Gasteiger partial charge in [-0.3, -0.25) is 0 Å². The first-order valence-corrected chi connectivity index (χ1v) is 10.6. The van der Waals surface area contributed by atoms with E-state index in [2.05, 4.69) is 40.5 Å². The zero-order valence-electron chi connectivity index (χ0n) is 16.8. The molecule has 2 N–H and O–H groups in total. The molecule has 1 saturated heterocycles. The molecule has 1 aliphatic heterocycles. The van der Waals surface area contributed by atoms with Crippen LogP contribution in [-0.4, -0.2) is 54.4 Å². The van der Waals surface area contributed by atoms with Gasteiger partial charge in [-0.05, 0) is 62.5 Å². The van der Waals surface area contributed by atoms with Gasteiger partial charge in [-0.25, -0.2) is 0 Å². The fraction of sp³-hybridized carbons (Fsp3) is 0.500. The molecule has 3 atom stereocenters. The van der Waals surface area contributed by atoms with E-state index in [0.29, 0.717) is 31.2 Å². The van der Waals surface area contributed by atoms with E-state index in [0.717, 1.165) is 31.7 Å². The van der Waals surface area contributed by atoms with Crippen LogP contribution in [0.3, 0.4) is 0 Å². The van der Waals surface area contributed by atoms with Crippen LogP contribution < -0.4 is 10.1 Å². The summed E-state index contributed by atoms with van der Waals surface area (Å²) in [6, 6.07) is 20.1. The van der Waals surface area contributed by atoms with Crippen LogP contribution in [0.1, 0.15) is 36.3 Å². The number of ether oxygens (including phenoxy) is 1. The Morgan fingerprint density at radius 1 is 1.11 bits per heavy atom. The third-order valence-corrected chi connectivity index (χ3v) is 5.96. The lowest BCUT2D eigenvalue weighted by molar-refractivity contribution is 0.0577. The van der Waals surface area contributed by atoms with E-state index in [9.17, 15) is 5.11 Å². The Bertz CT molecular complexity index is 743. The number of rotatable bonds is 8. The molecule has 4 heteroatoms. The molecule has 0 amide bonds. The van der Waals surface area contributed by atoms with Gasteiger partial charge < -0.3 is 20.1 Å².